The number of ether oxygens (including phenoxy) is 1. The van der Waals surface area contributed by atoms with Gasteiger partial charge in [0.25, 0.3) is 0 Å². The van der Waals surface area contributed by atoms with Gasteiger partial charge in [0.1, 0.15) is 12.4 Å². The van der Waals surface area contributed by atoms with E-state index in [1.807, 2.05) is 43.9 Å². The highest BCUT2D eigenvalue weighted by Gasteiger charge is 2.29. The van der Waals surface area contributed by atoms with E-state index in [0.29, 0.717) is 5.82 Å². The average molecular weight is 406 g/mol. The first-order chi connectivity index (χ1) is 13.9. The summed E-state index contributed by atoms with van der Waals surface area (Å²) in [6, 6.07) is 18.3. The molecule has 0 radical (unpaired) electrons. The van der Waals surface area contributed by atoms with E-state index in [4.69, 9.17) is 9.16 Å². The van der Waals surface area contributed by atoms with Crippen LogP contribution in [0.5, 0.6) is 6.01 Å². The van der Waals surface area contributed by atoms with Crippen molar-refractivity contribution in [3.63, 3.8) is 0 Å². The molecular weight excluding hydrogens is 382 g/mol. The lowest BCUT2D eigenvalue weighted by Crippen LogP contribution is -2.30. The summed E-state index contributed by atoms with van der Waals surface area (Å²) >= 11 is 0. The van der Waals surface area contributed by atoms with Crippen LogP contribution in [0.25, 0.3) is 11.1 Å². The zero-order valence-electron chi connectivity index (χ0n) is 16.7. The molecule has 0 unspecified atom stereocenters. The lowest BCUT2D eigenvalue weighted by molar-refractivity contribution is 0.158. The summed E-state index contributed by atoms with van der Waals surface area (Å²) in [5.74, 6) is 0.370. The van der Waals surface area contributed by atoms with Gasteiger partial charge < -0.3 is 9.16 Å². The number of aromatic nitrogens is 2. The van der Waals surface area contributed by atoms with Crippen LogP contribution >= 0.6 is 0 Å². The number of carbonyl (C=O) groups excluding carboxylic acids is 1. The van der Waals surface area contributed by atoms with Crippen molar-refractivity contribution in [2.75, 3.05) is 11.9 Å². The van der Waals surface area contributed by atoms with E-state index in [1.165, 1.54) is 22.3 Å². The highest BCUT2D eigenvalue weighted by Crippen LogP contribution is 2.44. The van der Waals surface area contributed by atoms with Crippen LogP contribution in [0.15, 0.2) is 60.8 Å². The summed E-state index contributed by atoms with van der Waals surface area (Å²) in [5, 5.41) is 2.66. The largest absolute Gasteiger partial charge is 0.518 e. The van der Waals surface area contributed by atoms with Crippen molar-refractivity contribution in [1.82, 2.24) is 9.97 Å². The van der Waals surface area contributed by atoms with Crippen molar-refractivity contribution in [2.45, 2.75) is 25.6 Å². The molecule has 6 nitrogen and oxygen atoms in total. The average Bonchev–Trinajstić information content (AvgIpc) is 2.99. The number of anilines is 1. The molecule has 1 heterocycles. The Morgan fingerprint density at radius 2 is 1.62 bits per heavy atom. The Bertz CT molecular complexity index is 1000. The number of rotatable bonds is 5. The fourth-order valence-corrected chi connectivity index (χ4v) is 4.12. The number of nitrogens with zero attached hydrogens (tertiary/aromatic N) is 2. The zero-order chi connectivity index (χ0) is 20.4. The van der Waals surface area contributed by atoms with Crippen molar-refractivity contribution in [3.8, 4) is 17.1 Å². The third kappa shape index (κ3) is 4.30. The molecule has 2 aromatic carbocycles. The SMILES string of the molecule is C[Si](C)(C)Oc1nccc(NC(=O)OCC2c3ccccc3-c3ccccc32)n1. The maximum atomic E-state index is 12.4. The number of hydrogen-bond donors (Lipinski definition) is 1. The first kappa shape index (κ1) is 19.1. The van der Waals surface area contributed by atoms with Gasteiger partial charge in [-0.1, -0.05) is 48.5 Å². The van der Waals surface area contributed by atoms with Crippen molar-refractivity contribution >= 4 is 20.2 Å². The summed E-state index contributed by atoms with van der Waals surface area (Å²) < 4.78 is 11.3. The first-order valence-corrected chi connectivity index (χ1v) is 13.0. The Morgan fingerprint density at radius 3 is 2.24 bits per heavy atom. The van der Waals surface area contributed by atoms with E-state index in [9.17, 15) is 4.79 Å². The van der Waals surface area contributed by atoms with Crippen LogP contribution in [0.4, 0.5) is 10.6 Å². The Kier molecular flexibility index (Phi) is 5.06. The number of fused-ring (bicyclic) bond motifs is 3. The minimum Gasteiger partial charge on any atom is -0.518 e. The van der Waals surface area contributed by atoms with E-state index in [-0.39, 0.29) is 18.5 Å². The quantitative estimate of drug-likeness (QED) is 0.601. The molecule has 1 N–H and O–H groups in total. The Balaban J connectivity index is 1.44. The number of nitrogens with one attached hydrogen (secondary N) is 1. The molecule has 4 rings (SSSR count). The van der Waals surface area contributed by atoms with Crippen molar-refractivity contribution in [2.24, 2.45) is 0 Å². The summed E-state index contributed by atoms with van der Waals surface area (Å²) in [5.41, 5.74) is 4.74. The van der Waals surface area contributed by atoms with Gasteiger partial charge in [0.15, 0.2) is 0 Å². The molecular formula is C22H23N3O3Si. The van der Waals surface area contributed by atoms with Gasteiger partial charge >= 0.3 is 12.1 Å². The van der Waals surface area contributed by atoms with Crippen LogP contribution < -0.4 is 9.74 Å². The molecule has 148 valence electrons. The Hall–Kier alpha value is -3.19. The summed E-state index contributed by atoms with van der Waals surface area (Å²) in [6.45, 7) is 6.38. The lowest BCUT2D eigenvalue weighted by Gasteiger charge is -2.17. The Labute approximate surface area is 171 Å². The fourth-order valence-electron chi connectivity index (χ4n) is 3.47. The van der Waals surface area contributed by atoms with E-state index < -0.39 is 14.4 Å². The Morgan fingerprint density at radius 1 is 1.00 bits per heavy atom. The van der Waals surface area contributed by atoms with Crippen LogP contribution in [-0.2, 0) is 4.74 Å². The third-order valence-corrected chi connectivity index (χ3v) is 5.40. The van der Waals surface area contributed by atoms with Gasteiger partial charge in [0.2, 0.25) is 8.32 Å². The minimum atomic E-state index is -1.83. The van der Waals surface area contributed by atoms with Gasteiger partial charge in [-0.05, 0) is 48.0 Å². The number of amides is 1. The van der Waals surface area contributed by atoms with Crippen LogP contribution in [-0.4, -0.2) is 31.0 Å². The molecule has 0 fully saturated rings. The van der Waals surface area contributed by atoms with E-state index in [0.717, 1.165) is 0 Å². The van der Waals surface area contributed by atoms with Crippen LogP contribution in [0.1, 0.15) is 17.0 Å². The van der Waals surface area contributed by atoms with E-state index >= 15 is 0 Å². The van der Waals surface area contributed by atoms with Crippen molar-refractivity contribution in [1.29, 1.82) is 0 Å². The molecule has 29 heavy (non-hydrogen) atoms. The molecule has 1 aliphatic carbocycles. The van der Waals surface area contributed by atoms with Gasteiger partial charge in [-0.25, -0.2) is 9.78 Å². The molecule has 7 heteroatoms. The molecule has 0 aliphatic heterocycles. The molecule has 1 aliphatic rings. The standard InChI is InChI=1S/C22H23N3O3Si/c1-29(2,3)28-21-23-13-12-20(24-21)25-22(26)27-14-19-17-10-6-4-8-15(17)16-9-5-7-11-18(16)19/h4-13,19H,14H2,1-3H3,(H,23,24,25,26). The number of carbonyl (C=O) groups is 1. The summed E-state index contributed by atoms with van der Waals surface area (Å²) in [4.78, 5) is 20.7. The summed E-state index contributed by atoms with van der Waals surface area (Å²) in [7, 11) is -1.83. The fraction of sp³-hybridized carbons (Fsp3) is 0.227. The van der Waals surface area contributed by atoms with Crippen molar-refractivity contribution in [3.05, 3.63) is 71.9 Å². The maximum Gasteiger partial charge on any atom is 0.412 e. The summed E-state index contributed by atoms with van der Waals surface area (Å²) in [6.07, 6.45) is 1.01. The first-order valence-electron chi connectivity index (χ1n) is 9.55. The second kappa shape index (κ2) is 7.67. The second-order valence-corrected chi connectivity index (χ2v) is 12.3. The molecule has 0 saturated carbocycles. The minimum absolute atomic E-state index is 0.0179. The topological polar surface area (TPSA) is 73.3 Å². The molecule has 0 bridgehead atoms. The monoisotopic (exact) mass is 405 g/mol. The molecule has 0 saturated heterocycles. The molecule has 1 aromatic heterocycles. The van der Waals surface area contributed by atoms with Gasteiger partial charge in [0, 0.05) is 12.1 Å². The number of hydrogen-bond acceptors (Lipinski definition) is 5. The van der Waals surface area contributed by atoms with Crippen LogP contribution in [0.2, 0.25) is 19.6 Å². The molecule has 3 aromatic rings. The number of benzene rings is 2. The maximum absolute atomic E-state index is 12.4. The van der Waals surface area contributed by atoms with Gasteiger partial charge in [0.05, 0.1) is 0 Å². The van der Waals surface area contributed by atoms with Crippen LogP contribution in [0, 0.1) is 0 Å². The van der Waals surface area contributed by atoms with Gasteiger partial charge in [-0.3, -0.25) is 5.32 Å². The highest BCUT2D eigenvalue weighted by atomic mass is 28.4. The third-order valence-electron chi connectivity index (χ3n) is 4.60. The molecule has 1 amide bonds. The van der Waals surface area contributed by atoms with Gasteiger partial charge in [-0.2, -0.15) is 4.98 Å². The van der Waals surface area contributed by atoms with Crippen molar-refractivity contribution < 1.29 is 14.0 Å². The lowest BCUT2D eigenvalue weighted by atomic mass is 9.98. The molecule has 0 atom stereocenters. The zero-order valence-corrected chi connectivity index (χ0v) is 17.7. The predicted molar refractivity (Wildman–Crippen MR) is 115 cm³/mol. The van der Waals surface area contributed by atoms with Gasteiger partial charge in [-0.15, -0.1) is 0 Å². The van der Waals surface area contributed by atoms with E-state index in [1.54, 1.807) is 12.3 Å². The van der Waals surface area contributed by atoms with Crippen LogP contribution in [0.3, 0.4) is 0 Å². The predicted octanol–water partition coefficient (Wildman–Crippen LogP) is 5.05. The second-order valence-electron chi connectivity index (χ2n) is 7.89. The highest BCUT2D eigenvalue weighted by molar-refractivity contribution is 6.70. The normalized spacial score (nSPS) is 12.8. The molecule has 0 spiro atoms. The smallest absolute Gasteiger partial charge is 0.412 e. The van der Waals surface area contributed by atoms with E-state index in [2.05, 4.69) is 39.6 Å².